The molecule has 4 heteroatoms. The molecule has 1 aliphatic heterocycles. The summed E-state index contributed by atoms with van der Waals surface area (Å²) in [7, 11) is 1.53. The second-order valence-electron chi connectivity index (χ2n) is 6.21. The lowest BCUT2D eigenvalue weighted by Gasteiger charge is -2.37. The number of hydrogen-bond donors (Lipinski definition) is 1. The van der Waals surface area contributed by atoms with Crippen LogP contribution in [0.3, 0.4) is 0 Å². The first-order chi connectivity index (χ1) is 10.2. The Hall–Kier alpha value is -1.55. The van der Waals surface area contributed by atoms with E-state index in [1.807, 2.05) is 12.1 Å². The van der Waals surface area contributed by atoms with Crippen LogP contribution in [0.15, 0.2) is 18.2 Å². The number of carboxylic acids is 1. The van der Waals surface area contributed by atoms with Gasteiger partial charge in [0, 0.05) is 12.6 Å². The summed E-state index contributed by atoms with van der Waals surface area (Å²) in [6.45, 7) is 2.06. The van der Waals surface area contributed by atoms with E-state index >= 15 is 0 Å². The molecule has 1 aliphatic carbocycles. The molecule has 1 aromatic carbocycles. The predicted molar refractivity (Wildman–Crippen MR) is 80.7 cm³/mol. The third-order valence-corrected chi connectivity index (χ3v) is 4.99. The van der Waals surface area contributed by atoms with Crippen LogP contribution in [0.1, 0.15) is 48.0 Å². The number of fused-ring (bicyclic) bond motifs is 1. The lowest BCUT2D eigenvalue weighted by atomic mass is 9.91. The summed E-state index contributed by atoms with van der Waals surface area (Å²) in [6.07, 6.45) is 6.71. The summed E-state index contributed by atoms with van der Waals surface area (Å²) in [5.41, 5.74) is 1.38. The molecule has 2 aliphatic rings. The minimum atomic E-state index is -0.938. The zero-order chi connectivity index (χ0) is 14.8. The van der Waals surface area contributed by atoms with Gasteiger partial charge in [0.15, 0.2) is 0 Å². The largest absolute Gasteiger partial charge is 0.496 e. The van der Waals surface area contributed by atoms with Gasteiger partial charge in [0.1, 0.15) is 11.3 Å². The van der Waals surface area contributed by atoms with Crippen molar-refractivity contribution in [3.05, 3.63) is 29.3 Å². The first-order valence-electron chi connectivity index (χ1n) is 7.83. The van der Waals surface area contributed by atoms with Crippen LogP contribution < -0.4 is 4.74 Å². The van der Waals surface area contributed by atoms with E-state index in [0.29, 0.717) is 5.75 Å². The molecule has 1 aromatic rings. The van der Waals surface area contributed by atoms with Gasteiger partial charge in [0.05, 0.1) is 7.11 Å². The molecule has 114 valence electrons. The number of carbonyl (C=O) groups is 1. The molecule has 0 bridgehead atoms. The molecule has 1 saturated heterocycles. The molecule has 0 spiro atoms. The Morgan fingerprint density at radius 2 is 2.14 bits per heavy atom. The lowest BCUT2D eigenvalue weighted by Crippen LogP contribution is -2.41. The van der Waals surface area contributed by atoms with Crippen LogP contribution in [0.25, 0.3) is 0 Å². The van der Waals surface area contributed by atoms with Crippen LogP contribution in [0.2, 0.25) is 0 Å². The number of rotatable bonds is 4. The van der Waals surface area contributed by atoms with Crippen LogP contribution in [-0.2, 0) is 6.54 Å². The van der Waals surface area contributed by atoms with Crippen LogP contribution in [0.4, 0.5) is 0 Å². The van der Waals surface area contributed by atoms with Gasteiger partial charge in [0.25, 0.3) is 0 Å². The smallest absolute Gasteiger partial charge is 0.339 e. The molecule has 4 nitrogen and oxygen atoms in total. The molecule has 2 unspecified atom stereocenters. The van der Waals surface area contributed by atoms with Gasteiger partial charge in [-0.1, -0.05) is 12.5 Å². The Bertz CT molecular complexity index is 529. The normalized spacial score (nSPS) is 25.6. The number of aromatic carboxylic acids is 1. The van der Waals surface area contributed by atoms with Gasteiger partial charge in [0.2, 0.25) is 0 Å². The maximum absolute atomic E-state index is 11.1. The van der Waals surface area contributed by atoms with Crippen LogP contribution in [-0.4, -0.2) is 35.7 Å². The molecule has 1 saturated carbocycles. The highest BCUT2D eigenvalue weighted by Crippen LogP contribution is 2.37. The van der Waals surface area contributed by atoms with Gasteiger partial charge in [-0.15, -0.1) is 0 Å². The Labute approximate surface area is 125 Å². The molecular formula is C17H23NO3. The number of ether oxygens (including phenoxy) is 1. The van der Waals surface area contributed by atoms with Crippen molar-refractivity contribution in [1.82, 2.24) is 4.90 Å². The Morgan fingerprint density at radius 3 is 2.90 bits per heavy atom. The topological polar surface area (TPSA) is 49.8 Å². The Balaban J connectivity index is 1.76. The van der Waals surface area contributed by atoms with Gasteiger partial charge in [-0.05, 0) is 55.8 Å². The van der Waals surface area contributed by atoms with E-state index < -0.39 is 5.97 Å². The van der Waals surface area contributed by atoms with Gasteiger partial charge < -0.3 is 9.84 Å². The molecule has 0 aromatic heterocycles. The van der Waals surface area contributed by atoms with Crippen LogP contribution in [0, 0.1) is 5.92 Å². The van der Waals surface area contributed by atoms with Crippen molar-refractivity contribution in [2.45, 2.75) is 44.7 Å². The van der Waals surface area contributed by atoms with E-state index in [9.17, 15) is 4.79 Å². The van der Waals surface area contributed by atoms with E-state index in [1.165, 1.54) is 39.2 Å². The highest BCUT2D eigenvalue weighted by molar-refractivity contribution is 5.90. The molecule has 2 fully saturated rings. The van der Waals surface area contributed by atoms with Crippen molar-refractivity contribution in [1.29, 1.82) is 0 Å². The second-order valence-corrected chi connectivity index (χ2v) is 6.21. The number of hydrogen-bond acceptors (Lipinski definition) is 3. The summed E-state index contributed by atoms with van der Waals surface area (Å²) < 4.78 is 5.22. The average Bonchev–Trinajstić information content (AvgIpc) is 2.96. The summed E-state index contributed by atoms with van der Waals surface area (Å²) in [5.74, 6) is 0.395. The summed E-state index contributed by atoms with van der Waals surface area (Å²) in [5, 5.41) is 9.14. The van der Waals surface area contributed by atoms with E-state index in [2.05, 4.69) is 4.90 Å². The van der Waals surface area contributed by atoms with Gasteiger partial charge in [-0.2, -0.15) is 0 Å². The molecule has 3 rings (SSSR count). The van der Waals surface area contributed by atoms with Gasteiger partial charge in [-0.3, -0.25) is 4.90 Å². The van der Waals surface area contributed by atoms with Crippen molar-refractivity contribution < 1.29 is 14.6 Å². The van der Waals surface area contributed by atoms with Crippen molar-refractivity contribution in [2.24, 2.45) is 5.92 Å². The van der Waals surface area contributed by atoms with Gasteiger partial charge in [-0.25, -0.2) is 4.79 Å². The minimum Gasteiger partial charge on any atom is -0.496 e. The first-order valence-corrected chi connectivity index (χ1v) is 7.83. The van der Waals surface area contributed by atoms with Crippen molar-refractivity contribution in [3.63, 3.8) is 0 Å². The zero-order valence-electron chi connectivity index (χ0n) is 12.5. The maximum atomic E-state index is 11.1. The quantitative estimate of drug-likeness (QED) is 0.925. The fourth-order valence-corrected chi connectivity index (χ4v) is 4.00. The lowest BCUT2D eigenvalue weighted by molar-refractivity contribution is 0.0693. The second kappa shape index (κ2) is 6.06. The molecule has 1 heterocycles. The minimum absolute atomic E-state index is 0.235. The monoisotopic (exact) mass is 289 g/mol. The highest BCUT2D eigenvalue weighted by atomic mass is 16.5. The van der Waals surface area contributed by atoms with E-state index in [0.717, 1.165) is 30.6 Å². The fraction of sp³-hybridized carbons (Fsp3) is 0.588. The standard InChI is InChI=1S/C17H23NO3/c1-21-16-10-12(7-8-14(16)17(19)20)11-18-9-3-5-13-4-2-6-15(13)18/h7-8,10,13,15H,2-6,9,11H2,1H3,(H,19,20). The summed E-state index contributed by atoms with van der Waals surface area (Å²) in [6, 6.07) is 6.18. The van der Waals surface area contributed by atoms with Crippen LogP contribution >= 0.6 is 0 Å². The van der Waals surface area contributed by atoms with E-state index in [4.69, 9.17) is 9.84 Å². The van der Waals surface area contributed by atoms with Gasteiger partial charge >= 0.3 is 5.97 Å². The number of benzene rings is 1. The number of likely N-dealkylation sites (tertiary alicyclic amines) is 1. The third-order valence-electron chi connectivity index (χ3n) is 4.99. The van der Waals surface area contributed by atoms with Crippen molar-refractivity contribution in [2.75, 3.05) is 13.7 Å². The maximum Gasteiger partial charge on any atom is 0.339 e. The summed E-state index contributed by atoms with van der Waals surface area (Å²) in [4.78, 5) is 13.7. The number of methoxy groups -OCH3 is 1. The molecule has 21 heavy (non-hydrogen) atoms. The predicted octanol–water partition coefficient (Wildman–Crippen LogP) is 3.16. The summed E-state index contributed by atoms with van der Waals surface area (Å²) >= 11 is 0. The number of nitrogens with zero attached hydrogens (tertiary/aromatic N) is 1. The van der Waals surface area contributed by atoms with Crippen LogP contribution in [0.5, 0.6) is 5.75 Å². The highest BCUT2D eigenvalue weighted by Gasteiger charge is 2.34. The molecule has 1 N–H and O–H groups in total. The molecule has 0 radical (unpaired) electrons. The first kappa shape index (κ1) is 14.4. The average molecular weight is 289 g/mol. The van der Waals surface area contributed by atoms with Crippen molar-refractivity contribution >= 4 is 5.97 Å². The Morgan fingerprint density at radius 1 is 1.33 bits per heavy atom. The third kappa shape index (κ3) is 2.91. The number of carboxylic acid groups (broad SMARTS) is 1. The zero-order valence-corrected chi connectivity index (χ0v) is 12.5. The van der Waals surface area contributed by atoms with E-state index in [-0.39, 0.29) is 5.56 Å². The Kier molecular flexibility index (Phi) is 4.15. The molecular weight excluding hydrogens is 266 g/mol. The molecule has 2 atom stereocenters. The molecule has 0 amide bonds. The fourth-order valence-electron chi connectivity index (χ4n) is 4.00. The number of piperidine rings is 1. The van der Waals surface area contributed by atoms with Crippen molar-refractivity contribution in [3.8, 4) is 5.75 Å². The van der Waals surface area contributed by atoms with E-state index in [1.54, 1.807) is 6.07 Å². The SMILES string of the molecule is COc1cc(CN2CCCC3CCCC32)ccc1C(=O)O.